The molecule has 156 valence electrons. The van der Waals surface area contributed by atoms with Gasteiger partial charge in [-0.1, -0.05) is 31.2 Å². The van der Waals surface area contributed by atoms with Crippen LogP contribution in [0.15, 0.2) is 48.5 Å². The summed E-state index contributed by atoms with van der Waals surface area (Å²) in [6.45, 7) is 1.95. The minimum Gasteiger partial charge on any atom is -0.497 e. The molecule has 2 aromatic rings. The molecule has 1 atom stereocenters. The molecule has 7 heteroatoms. The first-order chi connectivity index (χ1) is 14.0. The molecule has 29 heavy (non-hydrogen) atoms. The van der Waals surface area contributed by atoms with Crippen LogP contribution in [0.1, 0.15) is 18.9 Å². The van der Waals surface area contributed by atoms with Gasteiger partial charge >= 0.3 is 0 Å². The number of nitrogens with zero attached hydrogens (tertiary/aromatic N) is 1. The monoisotopic (exact) mass is 400 g/mol. The van der Waals surface area contributed by atoms with Gasteiger partial charge in [0, 0.05) is 13.6 Å². The molecule has 7 nitrogen and oxygen atoms in total. The lowest BCUT2D eigenvalue weighted by atomic mass is 10.1. The predicted molar refractivity (Wildman–Crippen MR) is 110 cm³/mol. The molecule has 0 radical (unpaired) electrons. The number of carbonyl (C=O) groups is 2. The van der Waals surface area contributed by atoms with Gasteiger partial charge in [-0.05, 0) is 36.2 Å². The molecule has 2 rings (SSSR count). The SMILES string of the molecule is CCC(C(=O)NC)N(Cc1ccc(OC)cc1)C(=O)COc1ccccc1OC. The molecule has 0 aliphatic carbocycles. The van der Waals surface area contributed by atoms with Gasteiger partial charge in [0.2, 0.25) is 5.91 Å². The smallest absolute Gasteiger partial charge is 0.261 e. The van der Waals surface area contributed by atoms with E-state index in [0.29, 0.717) is 17.9 Å². The molecule has 0 aliphatic rings. The van der Waals surface area contributed by atoms with Crippen LogP contribution in [0.4, 0.5) is 0 Å². The molecule has 0 fully saturated rings. The number of nitrogens with one attached hydrogen (secondary N) is 1. The number of hydrogen-bond acceptors (Lipinski definition) is 5. The summed E-state index contributed by atoms with van der Waals surface area (Å²) in [6, 6.07) is 13.9. The van der Waals surface area contributed by atoms with Crippen molar-refractivity contribution in [3.63, 3.8) is 0 Å². The molecular formula is C22H28N2O5. The summed E-state index contributed by atoms with van der Waals surface area (Å²) in [5.41, 5.74) is 0.888. The maximum atomic E-state index is 13.0. The Hall–Kier alpha value is -3.22. The van der Waals surface area contributed by atoms with Crippen molar-refractivity contribution in [1.82, 2.24) is 10.2 Å². The summed E-state index contributed by atoms with van der Waals surface area (Å²) < 4.78 is 16.1. The van der Waals surface area contributed by atoms with Crippen LogP contribution in [-0.2, 0) is 16.1 Å². The number of likely N-dealkylation sites (N-methyl/N-ethyl adjacent to an activating group) is 1. The molecule has 2 aromatic carbocycles. The molecule has 0 aromatic heterocycles. The molecule has 2 amide bonds. The number of methoxy groups -OCH3 is 2. The van der Waals surface area contributed by atoms with E-state index >= 15 is 0 Å². The Morgan fingerprint density at radius 1 is 1.00 bits per heavy atom. The lowest BCUT2D eigenvalue weighted by Crippen LogP contribution is -2.49. The van der Waals surface area contributed by atoms with Crippen LogP contribution in [-0.4, -0.2) is 50.6 Å². The van der Waals surface area contributed by atoms with Crippen molar-refractivity contribution in [2.75, 3.05) is 27.9 Å². The van der Waals surface area contributed by atoms with Crippen molar-refractivity contribution in [3.05, 3.63) is 54.1 Å². The largest absolute Gasteiger partial charge is 0.497 e. The first kappa shape index (κ1) is 22.1. The van der Waals surface area contributed by atoms with Gasteiger partial charge in [0.15, 0.2) is 18.1 Å². The fraction of sp³-hybridized carbons (Fsp3) is 0.364. The maximum Gasteiger partial charge on any atom is 0.261 e. The highest BCUT2D eigenvalue weighted by Gasteiger charge is 2.28. The minimum absolute atomic E-state index is 0.204. The summed E-state index contributed by atoms with van der Waals surface area (Å²) in [5.74, 6) is 1.24. The number of benzene rings is 2. The third-order valence-electron chi connectivity index (χ3n) is 4.56. The summed E-state index contributed by atoms with van der Waals surface area (Å²) in [6.07, 6.45) is 0.482. The molecule has 0 saturated heterocycles. The highest BCUT2D eigenvalue weighted by Crippen LogP contribution is 2.26. The van der Waals surface area contributed by atoms with Crippen LogP contribution in [0.25, 0.3) is 0 Å². The number of rotatable bonds is 10. The second-order valence-electron chi connectivity index (χ2n) is 6.35. The van der Waals surface area contributed by atoms with Gasteiger partial charge in [0.25, 0.3) is 5.91 Å². The van der Waals surface area contributed by atoms with Gasteiger partial charge in [-0.3, -0.25) is 9.59 Å². The average Bonchev–Trinajstić information content (AvgIpc) is 2.77. The summed E-state index contributed by atoms with van der Waals surface area (Å²) in [4.78, 5) is 26.9. The Morgan fingerprint density at radius 2 is 1.66 bits per heavy atom. The zero-order valence-corrected chi connectivity index (χ0v) is 17.3. The molecule has 0 saturated carbocycles. The van der Waals surface area contributed by atoms with Crippen LogP contribution in [0.2, 0.25) is 0 Å². The minimum atomic E-state index is -0.601. The van der Waals surface area contributed by atoms with Gasteiger partial charge in [0.1, 0.15) is 11.8 Å². The summed E-state index contributed by atoms with van der Waals surface area (Å²) in [7, 11) is 4.70. The molecule has 0 heterocycles. The Labute approximate surface area is 171 Å². The van der Waals surface area contributed by atoms with E-state index in [-0.39, 0.29) is 25.0 Å². The van der Waals surface area contributed by atoms with Crippen molar-refractivity contribution in [2.24, 2.45) is 0 Å². The molecular weight excluding hydrogens is 372 g/mol. The lowest BCUT2D eigenvalue weighted by Gasteiger charge is -2.30. The molecule has 0 aliphatic heterocycles. The fourth-order valence-corrected chi connectivity index (χ4v) is 2.97. The standard InChI is InChI=1S/C22H28N2O5/c1-5-18(22(26)23-2)24(14-16-10-12-17(27-3)13-11-16)21(25)15-29-20-9-7-6-8-19(20)28-4/h6-13,18H,5,14-15H2,1-4H3,(H,23,26). The second-order valence-corrected chi connectivity index (χ2v) is 6.35. The number of hydrogen-bond donors (Lipinski definition) is 1. The van der Waals surface area contributed by atoms with E-state index in [1.54, 1.807) is 39.5 Å². The Kier molecular flexibility index (Phi) is 8.33. The van der Waals surface area contributed by atoms with Gasteiger partial charge in [-0.25, -0.2) is 0 Å². The fourth-order valence-electron chi connectivity index (χ4n) is 2.97. The molecule has 0 bridgehead atoms. The van der Waals surface area contributed by atoms with Crippen LogP contribution in [0, 0.1) is 0 Å². The maximum absolute atomic E-state index is 13.0. The van der Waals surface area contributed by atoms with Gasteiger partial charge in [0.05, 0.1) is 14.2 Å². The van der Waals surface area contributed by atoms with E-state index in [4.69, 9.17) is 14.2 Å². The third kappa shape index (κ3) is 5.88. The van der Waals surface area contributed by atoms with E-state index < -0.39 is 6.04 Å². The van der Waals surface area contributed by atoms with Gasteiger partial charge < -0.3 is 24.4 Å². The zero-order valence-electron chi connectivity index (χ0n) is 17.3. The van der Waals surface area contributed by atoms with Crippen LogP contribution in [0.5, 0.6) is 17.2 Å². The average molecular weight is 400 g/mol. The number of para-hydroxylation sites is 2. The van der Waals surface area contributed by atoms with E-state index in [9.17, 15) is 9.59 Å². The summed E-state index contributed by atoms with van der Waals surface area (Å²) >= 11 is 0. The normalized spacial score (nSPS) is 11.3. The Bertz CT molecular complexity index is 807. The van der Waals surface area contributed by atoms with Gasteiger partial charge in [-0.2, -0.15) is 0 Å². The summed E-state index contributed by atoms with van der Waals surface area (Å²) in [5, 5.41) is 2.63. The van der Waals surface area contributed by atoms with Crippen LogP contribution >= 0.6 is 0 Å². The van der Waals surface area contributed by atoms with Crippen molar-refractivity contribution in [1.29, 1.82) is 0 Å². The lowest BCUT2D eigenvalue weighted by molar-refractivity contribution is -0.142. The zero-order chi connectivity index (χ0) is 21.2. The van der Waals surface area contributed by atoms with E-state index in [2.05, 4.69) is 5.32 Å². The first-order valence-electron chi connectivity index (χ1n) is 9.43. The van der Waals surface area contributed by atoms with E-state index in [1.807, 2.05) is 37.3 Å². The number of carbonyl (C=O) groups excluding carboxylic acids is 2. The second kappa shape index (κ2) is 10.9. The Morgan fingerprint density at radius 3 is 2.21 bits per heavy atom. The third-order valence-corrected chi connectivity index (χ3v) is 4.56. The molecule has 1 unspecified atom stereocenters. The quantitative estimate of drug-likeness (QED) is 0.663. The van der Waals surface area contributed by atoms with Gasteiger partial charge in [-0.15, -0.1) is 0 Å². The Balaban J connectivity index is 2.20. The van der Waals surface area contributed by atoms with Crippen LogP contribution < -0.4 is 19.5 Å². The predicted octanol–water partition coefficient (Wildman–Crippen LogP) is 2.64. The van der Waals surface area contributed by atoms with Crippen LogP contribution in [0.3, 0.4) is 0 Å². The van der Waals surface area contributed by atoms with E-state index in [0.717, 1.165) is 11.3 Å². The highest BCUT2D eigenvalue weighted by molar-refractivity contribution is 5.88. The topological polar surface area (TPSA) is 77.1 Å². The number of amides is 2. The highest BCUT2D eigenvalue weighted by atomic mass is 16.5. The van der Waals surface area contributed by atoms with Crippen molar-refractivity contribution < 1.29 is 23.8 Å². The van der Waals surface area contributed by atoms with E-state index in [1.165, 1.54) is 4.90 Å². The number of ether oxygens (including phenoxy) is 3. The van der Waals surface area contributed by atoms with Crippen molar-refractivity contribution in [2.45, 2.75) is 25.9 Å². The van der Waals surface area contributed by atoms with Crippen molar-refractivity contribution in [3.8, 4) is 17.2 Å². The van der Waals surface area contributed by atoms with Crippen molar-refractivity contribution >= 4 is 11.8 Å². The first-order valence-corrected chi connectivity index (χ1v) is 9.43. The molecule has 1 N–H and O–H groups in total. The molecule has 0 spiro atoms.